The van der Waals surface area contributed by atoms with Crippen LogP contribution in [0.3, 0.4) is 0 Å². The highest BCUT2D eigenvalue weighted by molar-refractivity contribution is 5.86. The van der Waals surface area contributed by atoms with Crippen molar-refractivity contribution >= 4 is 5.71 Å². The van der Waals surface area contributed by atoms with Crippen LogP contribution in [-0.2, 0) is 0 Å². The van der Waals surface area contributed by atoms with Crippen molar-refractivity contribution in [3.63, 3.8) is 0 Å². The first-order valence-corrected chi connectivity index (χ1v) is 6.91. The lowest BCUT2D eigenvalue weighted by Crippen LogP contribution is -2.12. The van der Waals surface area contributed by atoms with Crippen LogP contribution in [0.25, 0.3) is 0 Å². The lowest BCUT2D eigenvalue weighted by atomic mass is 9.87. The van der Waals surface area contributed by atoms with Gasteiger partial charge in [0.2, 0.25) is 0 Å². The molecule has 4 rings (SSSR count). The summed E-state index contributed by atoms with van der Waals surface area (Å²) in [6.45, 7) is 0. The van der Waals surface area contributed by atoms with Gasteiger partial charge in [-0.05, 0) is 49.1 Å². The third kappa shape index (κ3) is 1.69. The minimum absolute atomic E-state index is 0.254. The second kappa shape index (κ2) is 4.01. The Kier molecular flexibility index (Phi) is 2.32. The molecule has 2 heterocycles. The number of fused-ring (bicyclic) bond motifs is 2. The number of rotatable bonds is 3. The Hall–Kier alpha value is -1.51. The van der Waals surface area contributed by atoms with E-state index in [9.17, 15) is 0 Å². The number of nitrogens with zero attached hydrogens (tertiary/aromatic N) is 1. The molecule has 0 aromatic carbocycles. The summed E-state index contributed by atoms with van der Waals surface area (Å²) >= 11 is 0. The quantitative estimate of drug-likeness (QED) is 0.826. The number of hydrazone groups is 1. The highest BCUT2D eigenvalue weighted by Gasteiger charge is 2.37. The lowest BCUT2D eigenvalue weighted by Gasteiger charge is -2.17. The molecule has 94 valence electrons. The summed E-state index contributed by atoms with van der Waals surface area (Å²) in [7, 11) is 0. The molecule has 1 saturated carbocycles. The van der Waals surface area contributed by atoms with E-state index in [2.05, 4.69) is 22.7 Å². The SMILES string of the molecule is C1=CC2CC1CC2CC1=NNC(c2ccco2)C1. The van der Waals surface area contributed by atoms with Crippen LogP contribution in [0.1, 0.15) is 37.5 Å². The standard InChI is InChI=1S/C15H18N2O/c1-2-15(18-5-1)14-9-13(16-17-14)8-12-7-10-3-4-11(12)6-10/h1-5,10-12,14,17H,6-9H2. The number of furan rings is 1. The molecular formula is C15H18N2O. The number of hydrogen-bond acceptors (Lipinski definition) is 3. The van der Waals surface area contributed by atoms with Crippen molar-refractivity contribution in [1.82, 2.24) is 5.43 Å². The van der Waals surface area contributed by atoms with Crippen LogP contribution >= 0.6 is 0 Å². The monoisotopic (exact) mass is 242 g/mol. The van der Waals surface area contributed by atoms with Crippen molar-refractivity contribution in [3.8, 4) is 0 Å². The number of nitrogens with one attached hydrogen (secondary N) is 1. The van der Waals surface area contributed by atoms with E-state index in [-0.39, 0.29) is 6.04 Å². The van der Waals surface area contributed by atoms with Gasteiger partial charge in [-0.1, -0.05) is 12.2 Å². The Morgan fingerprint density at radius 2 is 2.33 bits per heavy atom. The maximum atomic E-state index is 5.44. The Morgan fingerprint density at radius 1 is 1.33 bits per heavy atom. The fourth-order valence-electron chi connectivity index (χ4n) is 3.71. The molecule has 0 saturated heterocycles. The van der Waals surface area contributed by atoms with E-state index in [0.717, 1.165) is 36.4 Å². The van der Waals surface area contributed by atoms with Crippen LogP contribution < -0.4 is 5.43 Å². The molecule has 1 fully saturated rings. The molecule has 4 unspecified atom stereocenters. The Morgan fingerprint density at radius 3 is 3.06 bits per heavy atom. The first-order valence-electron chi connectivity index (χ1n) is 6.91. The summed E-state index contributed by atoms with van der Waals surface area (Å²) in [6, 6.07) is 4.22. The lowest BCUT2D eigenvalue weighted by molar-refractivity contribution is 0.438. The van der Waals surface area contributed by atoms with E-state index in [0.29, 0.717) is 0 Å². The normalized spacial score (nSPS) is 37.0. The van der Waals surface area contributed by atoms with Gasteiger partial charge in [-0.3, -0.25) is 5.43 Å². The molecule has 3 aliphatic rings. The van der Waals surface area contributed by atoms with Gasteiger partial charge in [0.05, 0.1) is 6.26 Å². The van der Waals surface area contributed by atoms with Crippen molar-refractivity contribution in [2.75, 3.05) is 0 Å². The second-order valence-electron chi connectivity index (χ2n) is 5.82. The fraction of sp³-hybridized carbons (Fsp3) is 0.533. The molecule has 0 radical (unpaired) electrons. The fourth-order valence-corrected chi connectivity index (χ4v) is 3.71. The molecule has 18 heavy (non-hydrogen) atoms. The van der Waals surface area contributed by atoms with Crippen LogP contribution in [0.5, 0.6) is 0 Å². The van der Waals surface area contributed by atoms with Gasteiger partial charge < -0.3 is 4.42 Å². The minimum Gasteiger partial charge on any atom is -0.467 e. The van der Waals surface area contributed by atoms with Gasteiger partial charge in [0, 0.05) is 12.1 Å². The summed E-state index contributed by atoms with van der Waals surface area (Å²) in [5.74, 6) is 3.51. The average molecular weight is 242 g/mol. The van der Waals surface area contributed by atoms with E-state index in [1.165, 1.54) is 18.6 Å². The van der Waals surface area contributed by atoms with Crippen LogP contribution in [0.2, 0.25) is 0 Å². The summed E-state index contributed by atoms with van der Waals surface area (Å²) in [5.41, 5.74) is 4.52. The third-order valence-electron chi connectivity index (χ3n) is 4.62. The molecule has 1 aliphatic heterocycles. The molecule has 2 bridgehead atoms. The van der Waals surface area contributed by atoms with Crippen molar-refractivity contribution < 1.29 is 4.42 Å². The Labute approximate surface area is 107 Å². The van der Waals surface area contributed by atoms with E-state index in [4.69, 9.17) is 4.42 Å². The van der Waals surface area contributed by atoms with Gasteiger partial charge >= 0.3 is 0 Å². The molecule has 4 atom stereocenters. The molecule has 1 aromatic heterocycles. The first-order chi connectivity index (χ1) is 8.88. The molecule has 3 heteroatoms. The summed E-state index contributed by atoms with van der Waals surface area (Å²) in [4.78, 5) is 0. The van der Waals surface area contributed by atoms with E-state index in [1.54, 1.807) is 6.26 Å². The highest BCUT2D eigenvalue weighted by Crippen LogP contribution is 2.45. The van der Waals surface area contributed by atoms with Crippen molar-refractivity contribution in [1.29, 1.82) is 0 Å². The third-order valence-corrected chi connectivity index (χ3v) is 4.62. The minimum atomic E-state index is 0.254. The van der Waals surface area contributed by atoms with Crippen LogP contribution in [0, 0.1) is 17.8 Å². The Bertz CT molecular complexity index is 489. The van der Waals surface area contributed by atoms with Gasteiger partial charge in [0.15, 0.2) is 0 Å². The molecule has 1 aromatic rings. The van der Waals surface area contributed by atoms with Gasteiger partial charge in [-0.2, -0.15) is 5.10 Å². The predicted molar refractivity (Wildman–Crippen MR) is 70.1 cm³/mol. The zero-order valence-corrected chi connectivity index (χ0v) is 10.4. The molecule has 0 amide bonds. The highest BCUT2D eigenvalue weighted by atomic mass is 16.3. The van der Waals surface area contributed by atoms with Gasteiger partial charge in [0.25, 0.3) is 0 Å². The predicted octanol–water partition coefficient (Wildman–Crippen LogP) is 3.27. The van der Waals surface area contributed by atoms with E-state index >= 15 is 0 Å². The molecule has 2 aliphatic carbocycles. The average Bonchev–Trinajstić information content (AvgIpc) is 3.14. The van der Waals surface area contributed by atoms with Crippen molar-refractivity contribution in [2.45, 2.75) is 31.7 Å². The van der Waals surface area contributed by atoms with Gasteiger partial charge in [-0.25, -0.2) is 0 Å². The molecule has 0 spiro atoms. The van der Waals surface area contributed by atoms with Crippen LogP contribution in [-0.4, -0.2) is 5.71 Å². The zero-order valence-electron chi connectivity index (χ0n) is 10.4. The van der Waals surface area contributed by atoms with Gasteiger partial charge in [-0.15, -0.1) is 0 Å². The topological polar surface area (TPSA) is 37.5 Å². The summed E-state index contributed by atoms with van der Waals surface area (Å²) in [5, 5.41) is 4.50. The second-order valence-corrected chi connectivity index (χ2v) is 5.82. The van der Waals surface area contributed by atoms with E-state index < -0.39 is 0 Å². The van der Waals surface area contributed by atoms with Crippen molar-refractivity contribution in [2.24, 2.45) is 22.9 Å². The number of hydrogen-bond donors (Lipinski definition) is 1. The largest absolute Gasteiger partial charge is 0.467 e. The Balaban J connectivity index is 1.38. The summed E-state index contributed by atoms with van der Waals surface area (Å²) in [6.07, 6.45) is 11.5. The van der Waals surface area contributed by atoms with Gasteiger partial charge in [0.1, 0.15) is 11.8 Å². The van der Waals surface area contributed by atoms with Crippen LogP contribution in [0.15, 0.2) is 40.1 Å². The molecule has 1 N–H and O–H groups in total. The molecule has 3 nitrogen and oxygen atoms in total. The van der Waals surface area contributed by atoms with Crippen LogP contribution in [0.4, 0.5) is 0 Å². The van der Waals surface area contributed by atoms with Crippen molar-refractivity contribution in [3.05, 3.63) is 36.3 Å². The summed E-state index contributed by atoms with van der Waals surface area (Å²) < 4.78 is 5.44. The number of allylic oxidation sites excluding steroid dienone is 2. The smallest absolute Gasteiger partial charge is 0.128 e. The maximum Gasteiger partial charge on any atom is 0.128 e. The molecular weight excluding hydrogens is 224 g/mol. The zero-order chi connectivity index (χ0) is 11.9. The maximum absolute atomic E-state index is 5.44. The van der Waals surface area contributed by atoms with E-state index in [1.807, 2.05) is 12.1 Å². The first kappa shape index (κ1) is 10.4.